The van der Waals surface area contributed by atoms with Crippen molar-refractivity contribution in [2.45, 2.75) is 13.0 Å². The van der Waals surface area contributed by atoms with Crippen molar-refractivity contribution in [2.75, 3.05) is 19.5 Å². The topological polar surface area (TPSA) is 56.8 Å². The monoisotopic (exact) mass is 369 g/mol. The summed E-state index contributed by atoms with van der Waals surface area (Å²) in [6.45, 7) is 1.63. The highest BCUT2D eigenvalue weighted by Crippen LogP contribution is 2.36. The number of hydrogen-bond acceptors (Lipinski definition) is 4. The molecular weight excluding hydrogens is 353 g/mol. The van der Waals surface area contributed by atoms with Gasteiger partial charge in [-0.1, -0.05) is 29.3 Å². The van der Waals surface area contributed by atoms with Gasteiger partial charge in [0.2, 0.25) is 0 Å². The van der Waals surface area contributed by atoms with Gasteiger partial charge in [-0.25, -0.2) is 0 Å². The van der Waals surface area contributed by atoms with Crippen molar-refractivity contribution in [1.29, 1.82) is 0 Å². The van der Waals surface area contributed by atoms with Gasteiger partial charge in [-0.2, -0.15) is 0 Å². The summed E-state index contributed by atoms with van der Waals surface area (Å²) in [5, 5.41) is 3.65. The Labute approximate surface area is 150 Å². The van der Waals surface area contributed by atoms with Crippen LogP contribution in [0.4, 0.5) is 5.69 Å². The van der Waals surface area contributed by atoms with Gasteiger partial charge >= 0.3 is 0 Å². The van der Waals surface area contributed by atoms with E-state index in [4.69, 9.17) is 37.4 Å². The fourth-order valence-electron chi connectivity index (χ4n) is 1.99. The first kappa shape index (κ1) is 18.2. The van der Waals surface area contributed by atoms with Crippen LogP contribution < -0.4 is 19.5 Å². The molecule has 7 heteroatoms. The molecule has 0 bridgehead atoms. The molecule has 1 N–H and O–H groups in total. The molecule has 0 aliphatic rings. The molecule has 0 saturated carbocycles. The van der Waals surface area contributed by atoms with E-state index in [1.165, 1.54) is 14.2 Å². The van der Waals surface area contributed by atoms with E-state index in [-0.39, 0.29) is 5.91 Å². The van der Waals surface area contributed by atoms with E-state index in [9.17, 15) is 4.79 Å². The summed E-state index contributed by atoms with van der Waals surface area (Å²) < 4.78 is 16.0. The second-order valence-corrected chi connectivity index (χ2v) is 5.74. The Hall–Kier alpha value is -2.11. The van der Waals surface area contributed by atoms with E-state index in [1.807, 2.05) is 0 Å². The van der Waals surface area contributed by atoms with Gasteiger partial charge in [0.05, 0.1) is 24.9 Å². The molecule has 0 radical (unpaired) electrons. The van der Waals surface area contributed by atoms with Crippen molar-refractivity contribution in [1.82, 2.24) is 0 Å². The molecule has 0 aliphatic carbocycles. The second-order valence-electron chi connectivity index (χ2n) is 4.89. The number of nitrogens with one attached hydrogen (secondary N) is 1. The Morgan fingerprint density at radius 2 is 1.79 bits per heavy atom. The van der Waals surface area contributed by atoms with E-state index in [0.29, 0.717) is 33.0 Å². The number of halogens is 2. The zero-order chi connectivity index (χ0) is 17.7. The van der Waals surface area contributed by atoms with Crippen molar-refractivity contribution in [3.63, 3.8) is 0 Å². The largest absolute Gasteiger partial charge is 0.495 e. The SMILES string of the molecule is COc1cc(NC(=O)[C@@H](C)Oc2cccc(Cl)c2)c(OC)cc1Cl. The number of ether oxygens (including phenoxy) is 3. The summed E-state index contributed by atoms with van der Waals surface area (Å²) in [5.74, 6) is 1.00. The lowest BCUT2D eigenvalue weighted by Crippen LogP contribution is -2.30. The van der Waals surface area contributed by atoms with Crippen LogP contribution in [-0.2, 0) is 4.79 Å². The first-order valence-corrected chi connectivity index (χ1v) is 7.84. The van der Waals surface area contributed by atoms with Gasteiger partial charge in [0.25, 0.3) is 5.91 Å². The number of carbonyl (C=O) groups is 1. The van der Waals surface area contributed by atoms with Gasteiger partial charge in [-0.05, 0) is 25.1 Å². The van der Waals surface area contributed by atoms with E-state index in [0.717, 1.165) is 0 Å². The van der Waals surface area contributed by atoms with Crippen LogP contribution in [0.5, 0.6) is 17.2 Å². The first-order valence-electron chi connectivity index (χ1n) is 7.09. The van der Waals surface area contributed by atoms with Gasteiger partial charge in [0, 0.05) is 17.2 Å². The third kappa shape index (κ3) is 4.46. The van der Waals surface area contributed by atoms with Crippen molar-refractivity contribution < 1.29 is 19.0 Å². The molecule has 2 aromatic rings. The summed E-state index contributed by atoms with van der Waals surface area (Å²) in [6.07, 6.45) is -0.741. The molecular formula is C17H17Cl2NO4. The molecule has 0 fully saturated rings. The molecule has 1 atom stereocenters. The number of benzene rings is 2. The molecule has 0 aromatic heterocycles. The second kappa shape index (κ2) is 8.13. The van der Waals surface area contributed by atoms with Gasteiger partial charge in [-0.3, -0.25) is 4.79 Å². The van der Waals surface area contributed by atoms with Crippen LogP contribution in [0.2, 0.25) is 10.0 Å². The van der Waals surface area contributed by atoms with Gasteiger partial charge in [0.1, 0.15) is 17.2 Å². The lowest BCUT2D eigenvalue weighted by atomic mass is 10.2. The van der Waals surface area contributed by atoms with Crippen molar-refractivity contribution in [3.8, 4) is 17.2 Å². The van der Waals surface area contributed by atoms with Crippen LogP contribution >= 0.6 is 23.2 Å². The fraction of sp³-hybridized carbons (Fsp3) is 0.235. The van der Waals surface area contributed by atoms with E-state index in [1.54, 1.807) is 43.3 Å². The number of methoxy groups -OCH3 is 2. The number of rotatable bonds is 6. The normalized spacial score (nSPS) is 11.5. The minimum atomic E-state index is -0.741. The summed E-state index contributed by atoms with van der Waals surface area (Å²) in [5.41, 5.74) is 0.435. The molecule has 0 heterocycles. The molecule has 24 heavy (non-hydrogen) atoms. The van der Waals surface area contributed by atoms with E-state index < -0.39 is 6.10 Å². The minimum Gasteiger partial charge on any atom is -0.495 e. The quantitative estimate of drug-likeness (QED) is 0.818. The predicted octanol–water partition coefficient (Wildman–Crippen LogP) is 4.42. The predicted molar refractivity (Wildman–Crippen MR) is 94.7 cm³/mol. The van der Waals surface area contributed by atoms with E-state index >= 15 is 0 Å². The standard InChI is InChI=1S/C17H17Cl2NO4/c1-10(24-12-6-4-5-11(18)7-12)17(21)20-14-9-15(22-2)13(19)8-16(14)23-3/h4-10H,1-3H3,(H,20,21)/t10-/m1/s1. The van der Waals surface area contributed by atoms with Crippen LogP contribution in [0.15, 0.2) is 36.4 Å². The molecule has 128 valence electrons. The molecule has 2 aromatic carbocycles. The Bertz CT molecular complexity index is 737. The molecule has 0 spiro atoms. The lowest BCUT2D eigenvalue weighted by Gasteiger charge is -2.17. The van der Waals surface area contributed by atoms with Gasteiger partial charge < -0.3 is 19.5 Å². The van der Waals surface area contributed by atoms with Crippen LogP contribution in [-0.4, -0.2) is 26.2 Å². The van der Waals surface area contributed by atoms with Gasteiger partial charge in [-0.15, -0.1) is 0 Å². The number of anilines is 1. The van der Waals surface area contributed by atoms with E-state index in [2.05, 4.69) is 5.32 Å². The minimum absolute atomic E-state index is 0.349. The maximum absolute atomic E-state index is 12.4. The average Bonchev–Trinajstić information content (AvgIpc) is 2.55. The molecule has 2 rings (SSSR count). The Morgan fingerprint density at radius 1 is 1.08 bits per heavy atom. The zero-order valence-corrected chi connectivity index (χ0v) is 14.9. The maximum Gasteiger partial charge on any atom is 0.265 e. The molecule has 1 amide bonds. The summed E-state index contributed by atoms with van der Waals surface area (Å²) in [4.78, 5) is 12.4. The third-order valence-corrected chi connectivity index (χ3v) is 3.74. The highest BCUT2D eigenvalue weighted by atomic mass is 35.5. The highest BCUT2D eigenvalue weighted by Gasteiger charge is 2.18. The lowest BCUT2D eigenvalue weighted by molar-refractivity contribution is -0.122. The maximum atomic E-state index is 12.4. The molecule has 5 nitrogen and oxygen atoms in total. The molecule has 0 unspecified atom stereocenters. The third-order valence-electron chi connectivity index (χ3n) is 3.21. The Kier molecular flexibility index (Phi) is 6.17. The van der Waals surface area contributed by atoms with Crippen LogP contribution in [0.3, 0.4) is 0 Å². The molecule has 0 saturated heterocycles. The van der Waals surface area contributed by atoms with Crippen LogP contribution in [0.1, 0.15) is 6.92 Å². The highest BCUT2D eigenvalue weighted by molar-refractivity contribution is 6.32. The zero-order valence-electron chi connectivity index (χ0n) is 13.4. The van der Waals surface area contributed by atoms with Crippen LogP contribution in [0, 0.1) is 0 Å². The average molecular weight is 370 g/mol. The number of carbonyl (C=O) groups excluding carboxylic acids is 1. The van der Waals surface area contributed by atoms with Crippen molar-refractivity contribution in [3.05, 3.63) is 46.4 Å². The molecule has 0 aliphatic heterocycles. The Balaban J connectivity index is 2.13. The summed E-state index contributed by atoms with van der Waals surface area (Å²) >= 11 is 11.9. The Morgan fingerprint density at radius 3 is 2.42 bits per heavy atom. The van der Waals surface area contributed by atoms with Crippen LogP contribution in [0.25, 0.3) is 0 Å². The van der Waals surface area contributed by atoms with Crippen molar-refractivity contribution >= 4 is 34.8 Å². The number of amides is 1. The summed E-state index contributed by atoms with van der Waals surface area (Å²) in [6, 6.07) is 9.99. The van der Waals surface area contributed by atoms with Crippen molar-refractivity contribution in [2.24, 2.45) is 0 Å². The smallest absolute Gasteiger partial charge is 0.265 e. The fourth-order valence-corrected chi connectivity index (χ4v) is 2.40. The first-order chi connectivity index (χ1) is 11.4. The van der Waals surface area contributed by atoms with Gasteiger partial charge in [0.15, 0.2) is 6.10 Å². The summed E-state index contributed by atoms with van der Waals surface area (Å²) in [7, 11) is 2.98. The number of hydrogen-bond donors (Lipinski definition) is 1.